The van der Waals surface area contributed by atoms with E-state index in [0.717, 1.165) is 11.3 Å². The summed E-state index contributed by atoms with van der Waals surface area (Å²) in [5, 5.41) is 5.37. The molecule has 0 aliphatic rings. The number of ether oxygens (including phenoxy) is 1. The molecule has 2 amide bonds. The highest BCUT2D eigenvalue weighted by Crippen LogP contribution is 2.05. The minimum absolute atomic E-state index is 0.238. The van der Waals surface area contributed by atoms with E-state index in [1.807, 2.05) is 19.1 Å². The van der Waals surface area contributed by atoms with Crippen LogP contribution in [0.3, 0.4) is 0 Å². The Morgan fingerprint density at radius 1 is 1.47 bits per heavy atom. The molecule has 5 heteroatoms. The molecule has 0 atom stereocenters. The molecule has 1 rings (SSSR count). The average Bonchev–Trinajstić information content (AvgIpc) is 2.34. The fourth-order valence-electron chi connectivity index (χ4n) is 1.13. The number of carbonyl (C=O) groups excluding carboxylic acids is 1. The summed E-state index contributed by atoms with van der Waals surface area (Å²) in [6, 6.07) is 5.17. The van der Waals surface area contributed by atoms with Crippen LogP contribution in [0.5, 0.6) is 5.88 Å². The Hall–Kier alpha value is -2.04. The summed E-state index contributed by atoms with van der Waals surface area (Å²) in [7, 11) is 1.55. The summed E-state index contributed by atoms with van der Waals surface area (Å²) in [5.41, 5.74) is 1.65. The molecule has 1 aromatic rings. The van der Waals surface area contributed by atoms with Crippen molar-refractivity contribution < 1.29 is 9.53 Å². The van der Waals surface area contributed by atoms with Crippen molar-refractivity contribution in [3.63, 3.8) is 0 Å². The summed E-state index contributed by atoms with van der Waals surface area (Å²) in [6.07, 6.45) is 0. The summed E-state index contributed by atoms with van der Waals surface area (Å²) in [4.78, 5) is 15.5. The van der Waals surface area contributed by atoms with Crippen LogP contribution in [-0.4, -0.2) is 24.7 Å². The molecule has 0 saturated carbocycles. The van der Waals surface area contributed by atoms with E-state index < -0.39 is 0 Å². The molecule has 17 heavy (non-hydrogen) atoms. The molecule has 0 radical (unpaired) electrons. The normalized spacial score (nSPS) is 9.53. The zero-order valence-corrected chi connectivity index (χ0v) is 10.1. The second-order valence-corrected chi connectivity index (χ2v) is 3.66. The standard InChI is InChI=1S/C12H17N3O2/c1-9(2)7-13-12(16)14-8-10-5-4-6-11(15-10)17-3/h4-6H,1,7-8H2,2-3H3,(H2,13,14,16). The Morgan fingerprint density at radius 3 is 2.88 bits per heavy atom. The van der Waals surface area contributed by atoms with E-state index in [9.17, 15) is 4.79 Å². The van der Waals surface area contributed by atoms with Gasteiger partial charge < -0.3 is 15.4 Å². The van der Waals surface area contributed by atoms with Crippen LogP contribution in [0.25, 0.3) is 0 Å². The van der Waals surface area contributed by atoms with Gasteiger partial charge in [0.15, 0.2) is 0 Å². The molecule has 0 aliphatic carbocycles. The summed E-state index contributed by atoms with van der Waals surface area (Å²) < 4.78 is 4.99. The lowest BCUT2D eigenvalue weighted by atomic mass is 10.3. The predicted octanol–water partition coefficient (Wildman–Crippen LogP) is 1.47. The topological polar surface area (TPSA) is 63.2 Å². The van der Waals surface area contributed by atoms with Gasteiger partial charge in [-0.3, -0.25) is 0 Å². The van der Waals surface area contributed by atoms with E-state index in [2.05, 4.69) is 22.2 Å². The molecule has 0 fully saturated rings. The summed E-state index contributed by atoms with van der Waals surface area (Å²) >= 11 is 0. The Kier molecular flexibility index (Phi) is 5.00. The van der Waals surface area contributed by atoms with Crippen LogP contribution in [0, 0.1) is 0 Å². The Morgan fingerprint density at radius 2 is 2.24 bits per heavy atom. The highest BCUT2D eigenvalue weighted by molar-refractivity contribution is 5.74. The predicted molar refractivity (Wildman–Crippen MR) is 65.8 cm³/mol. The minimum atomic E-state index is -0.238. The Bertz CT molecular complexity index is 404. The van der Waals surface area contributed by atoms with Gasteiger partial charge in [0, 0.05) is 12.6 Å². The number of carbonyl (C=O) groups is 1. The van der Waals surface area contributed by atoms with Gasteiger partial charge in [-0.1, -0.05) is 18.2 Å². The van der Waals surface area contributed by atoms with E-state index in [0.29, 0.717) is 19.0 Å². The van der Waals surface area contributed by atoms with Crippen LogP contribution in [-0.2, 0) is 6.54 Å². The van der Waals surface area contributed by atoms with Crippen molar-refractivity contribution in [3.05, 3.63) is 36.0 Å². The molecule has 2 N–H and O–H groups in total. The van der Waals surface area contributed by atoms with E-state index in [-0.39, 0.29) is 6.03 Å². The molecule has 92 valence electrons. The smallest absolute Gasteiger partial charge is 0.315 e. The maximum atomic E-state index is 11.4. The van der Waals surface area contributed by atoms with Crippen molar-refractivity contribution in [2.24, 2.45) is 0 Å². The number of aromatic nitrogens is 1. The first-order chi connectivity index (χ1) is 8.11. The second kappa shape index (κ2) is 6.52. The third-order valence-electron chi connectivity index (χ3n) is 1.97. The molecule has 0 unspecified atom stereocenters. The molecule has 5 nitrogen and oxygen atoms in total. The highest BCUT2D eigenvalue weighted by atomic mass is 16.5. The molecule has 1 heterocycles. The lowest BCUT2D eigenvalue weighted by Gasteiger charge is -2.07. The first kappa shape index (κ1) is 13.0. The quantitative estimate of drug-likeness (QED) is 0.759. The van der Waals surface area contributed by atoms with Crippen LogP contribution in [0.4, 0.5) is 4.79 Å². The fourth-order valence-corrected chi connectivity index (χ4v) is 1.13. The maximum absolute atomic E-state index is 11.4. The van der Waals surface area contributed by atoms with Crippen molar-refractivity contribution in [2.45, 2.75) is 13.5 Å². The van der Waals surface area contributed by atoms with E-state index in [1.54, 1.807) is 13.2 Å². The lowest BCUT2D eigenvalue weighted by Crippen LogP contribution is -2.35. The molecule has 0 aromatic carbocycles. The number of hydrogen-bond acceptors (Lipinski definition) is 3. The third-order valence-corrected chi connectivity index (χ3v) is 1.97. The number of pyridine rings is 1. The number of methoxy groups -OCH3 is 1. The maximum Gasteiger partial charge on any atom is 0.315 e. The average molecular weight is 235 g/mol. The van der Waals surface area contributed by atoms with E-state index in [1.165, 1.54) is 0 Å². The van der Waals surface area contributed by atoms with Gasteiger partial charge in [0.2, 0.25) is 5.88 Å². The molecule has 0 spiro atoms. The largest absolute Gasteiger partial charge is 0.481 e. The van der Waals surface area contributed by atoms with Gasteiger partial charge in [0.1, 0.15) is 0 Å². The van der Waals surface area contributed by atoms with Crippen LogP contribution in [0.1, 0.15) is 12.6 Å². The molecule has 0 bridgehead atoms. The fraction of sp³-hybridized carbons (Fsp3) is 0.333. The molecular weight excluding hydrogens is 218 g/mol. The molecule has 0 saturated heterocycles. The van der Waals surface area contributed by atoms with Gasteiger partial charge in [0.25, 0.3) is 0 Å². The number of amides is 2. The van der Waals surface area contributed by atoms with Crippen molar-refractivity contribution in [1.29, 1.82) is 0 Å². The van der Waals surface area contributed by atoms with Gasteiger partial charge in [-0.2, -0.15) is 0 Å². The van der Waals surface area contributed by atoms with Crippen LogP contribution in [0.15, 0.2) is 30.4 Å². The Labute approximate surface area is 101 Å². The first-order valence-electron chi connectivity index (χ1n) is 5.28. The van der Waals surface area contributed by atoms with Gasteiger partial charge >= 0.3 is 6.03 Å². The molecule has 0 aliphatic heterocycles. The van der Waals surface area contributed by atoms with Crippen LogP contribution in [0.2, 0.25) is 0 Å². The number of nitrogens with one attached hydrogen (secondary N) is 2. The monoisotopic (exact) mass is 235 g/mol. The van der Waals surface area contributed by atoms with Crippen molar-refractivity contribution in [2.75, 3.05) is 13.7 Å². The van der Waals surface area contributed by atoms with Gasteiger partial charge in [0.05, 0.1) is 19.3 Å². The van der Waals surface area contributed by atoms with Crippen molar-refractivity contribution in [3.8, 4) is 5.88 Å². The number of rotatable bonds is 5. The van der Waals surface area contributed by atoms with Gasteiger partial charge in [-0.05, 0) is 13.0 Å². The van der Waals surface area contributed by atoms with Crippen LogP contribution < -0.4 is 15.4 Å². The Balaban J connectivity index is 2.39. The second-order valence-electron chi connectivity index (χ2n) is 3.66. The van der Waals surface area contributed by atoms with Crippen molar-refractivity contribution in [1.82, 2.24) is 15.6 Å². The van der Waals surface area contributed by atoms with E-state index >= 15 is 0 Å². The minimum Gasteiger partial charge on any atom is -0.481 e. The zero-order valence-electron chi connectivity index (χ0n) is 10.1. The summed E-state index contributed by atoms with van der Waals surface area (Å²) in [5.74, 6) is 0.534. The van der Waals surface area contributed by atoms with Crippen LogP contribution >= 0.6 is 0 Å². The lowest BCUT2D eigenvalue weighted by molar-refractivity contribution is 0.241. The molecule has 1 aromatic heterocycles. The first-order valence-corrected chi connectivity index (χ1v) is 5.28. The third kappa shape index (κ3) is 5.01. The SMILES string of the molecule is C=C(C)CNC(=O)NCc1cccc(OC)n1. The zero-order chi connectivity index (χ0) is 12.7. The number of urea groups is 1. The molecular formula is C12H17N3O2. The summed E-state index contributed by atoms with van der Waals surface area (Å²) in [6.45, 7) is 6.38. The van der Waals surface area contributed by atoms with Gasteiger partial charge in [-0.15, -0.1) is 0 Å². The van der Waals surface area contributed by atoms with Gasteiger partial charge in [-0.25, -0.2) is 9.78 Å². The van der Waals surface area contributed by atoms with Crippen molar-refractivity contribution >= 4 is 6.03 Å². The highest BCUT2D eigenvalue weighted by Gasteiger charge is 2.01. The number of hydrogen-bond donors (Lipinski definition) is 2. The van der Waals surface area contributed by atoms with E-state index in [4.69, 9.17) is 4.74 Å². The number of nitrogens with zero attached hydrogens (tertiary/aromatic N) is 1.